The highest BCUT2D eigenvalue weighted by atomic mass is 35.5. The number of pyridine rings is 1. The molecule has 0 aromatic carbocycles. The van der Waals surface area contributed by atoms with Gasteiger partial charge < -0.3 is 9.47 Å². The number of aromatic nitrogens is 1. The van der Waals surface area contributed by atoms with Crippen LogP contribution in [-0.2, 0) is 10.6 Å². The quantitative estimate of drug-likeness (QED) is 0.532. The molecule has 1 heterocycles. The molecule has 0 spiro atoms. The van der Waals surface area contributed by atoms with Crippen LogP contribution in [0.4, 0.5) is 0 Å². The Labute approximate surface area is 95.4 Å². The van der Waals surface area contributed by atoms with Gasteiger partial charge in [-0.3, -0.25) is 4.98 Å². The molecular weight excluding hydrogens is 214 g/mol. The zero-order chi connectivity index (χ0) is 10.9. The van der Waals surface area contributed by atoms with Crippen LogP contribution in [-0.4, -0.2) is 24.8 Å². The van der Waals surface area contributed by atoms with Crippen molar-refractivity contribution in [2.75, 3.05) is 19.8 Å². The summed E-state index contributed by atoms with van der Waals surface area (Å²) in [4.78, 5) is 4.11. The molecule has 0 unspecified atom stereocenters. The van der Waals surface area contributed by atoms with E-state index in [-0.39, 0.29) is 0 Å². The van der Waals surface area contributed by atoms with Crippen LogP contribution in [0.3, 0.4) is 0 Å². The third kappa shape index (κ3) is 5.00. The zero-order valence-electron chi connectivity index (χ0n) is 8.91. The summed E-state index contributed by atoms with van der Waals surface area (Å²) in [5.74, 6) is 1.18. The van der Waals surface area contributed by atoms with Gasteiger partial charge in [0.1, 0.15) is 12.4 Å². The molecule has 0 saturated carbocycles. The molecule has 0 fully saturated rings. The lowest BCUT2D eigenvalue weighted by Gasteiger charge is -2.06. The molecule has 1 aromatic heterocycles. The second-order valence-electron chi connectivity index (χ2n) is 3.08. The Morgan fingerprint density at radius 3 is 2.73 bits per heavy atom. The summed E-state index contributed by atoms with van der Waals surface area (Å²) in [6.45, 7) is 4.04. The van der Waals surface area contributed by atoms with Crippen LogP contribution in [0.1, 0.15) is 19.0 Å². The summed E-state index contributed by atoms with van der Waals surface area (Å²) >= 11 is 5.62. The Balaban J connectivity index is 2.20. The van der Waals surface area contributed by atoms with Gasteiger partial charge in [-0.2, -0.15) is 0 Å². The fraction of sp³-hybridized carbons (Fsp3) is 0.545. The molecular formula is C11H16ClNO2. The van der Waals surface area contributed by atoms with Crippen molar-refractivity contribution in [1.82, 2.24) is 4.98 Å². The SMILES string of the molecule is CCCOCCOc1ccc(CCl)nc1. The molecule has 0 atom stereocenters. The molecule has 0 aliphatic carbocycles. The zero-order valence-corrected chi connectivity index (χ0v) is 9.67. The van der Waals surface area contributed by atoms with Crippen molar-refractivity contribution in [1.29, 1.82) is 0 Å². The Morgan fingerprint density at radius 2 is 2.13 bits per heavy atom. The summed E-state index contributed by atoms with van der Waals surface area (Å²) < 4.78 is 10.7. The number of ether oxygens (including phenoxy) is 2. The minimum atomic E-state index is 0.430. The van der Waals surface area contributed by atoms with Gasteiger partial charge in [0.15, 0.2) is 0 Å². The standard InChI is InChI=1S/C11H16ClNO2/c1-2-5-14-6-7-15-11-4-3-10(8-12)13-9-11/h3-4,9H,2,5-8H2,1H3. The maximum atomic E-state index is 5.62. The predicted molar refractivity (Wildman–Crippen MR) is 60.4 cm³/mol. The summed E-state index contributed by atoms with van der Waals surface area (Å²) in [7, 11) is 0. The van der Waals surface area contributed by atoms with Gasteiger partial charge in [-0.05, 0) is 18.6 Å². The average Bonchev–Trinajstić information content (AvgIpc) is 2.30. The van der Waals surface area contributed by atoms with Crippen molar-refractivity contribution in [2.24, 2.45) is 0 Å². The topological polar surface area (TPSA) is 31.4 Å². The second kappa shape index (κ2) is 7.49. The summed E-state index contributed by atoms with van der Waals surface area (Å²) in [6, 6.07) is 3.72. The molecule has 84 valence electrons. The highest BCUT2D eigenvalue weighted by Gasteiger charge is 1.95. The van der Waals surface area contributed by atoms with Gasteiger partial charge >= 0.3 is 0 Å². The first-order chi connectivity index (χ1) is 7.36. The van der Waals surface area contributed by atoms with Gasteiger partial charge in [0.25, 0.3) is 0 Å². The first kappa shape index (κ1) is 12.3. The van der Waals surface area contributed by atoms with E-state index in [2.05, 4.69) is 11.9 Å². The first-order valence-electron chi connectivity index (χ1n) is 5.08. The highest BCUT2D eigenvalue weighted by Crippen LogP contribution is 2.09. The van der Waals surface area contributed by atoms with Gasteiger partial charge in [-0.25, -0.2) is 0 Å². The lowest BCUT2D eigenvalue weighted by Crippen LogP contribution is -2.07. The Morgan fingerprint density at radius 1 is 1.27 bits per heavy atom. The van der Waals surface area contributed by atoms with Crippen LogP contribution in [0, 0.1) is 0 Å². The monoisotopic (exact) mass is 229 g/mol. The molecule has 1 aromatic rings. The van der Waals surface area contributed by atoms with Crippen molar-refractivity contribution in [3.63, 3.8) is 0 Å². The van der Waals surface area contributed by atoms with E-state index in [9.17, 15) is 0 Å². The van der Waals surface area contributed by atoms with Crippen LogP contribution in [0.25, 0.3) is 0 Å². The maximum absolute atomic E-state index is 5.62. The molecule has 15 heavy (non-hydrogen) atoms. The predicted octanol–water partition coefficient (Wildman–Crippen LogP) is 2.63. The number of nitrogens with zero attached hydrogens (tertiary/aromatic N) is 1. The maximum Gasteiger partial charge on any atom is 0.137 e. The Kier molecular flexibility index (Phi) is 6.12. The largest absolute Gasteiger partial charge is 0.490 e. The van der Waals surface area contributed by atoms with E-state index in [0.717, 1.165) is 24.5 Å². The van der Waals surface area contributed by atoms with Crippen LogP contribution < -0.4 is 4.74 Å². The molecule has 0 aliphatic rings. The van der Waals surface area contributed by atoms with Gasteiger partial charge in [0.2, 0.25) is 0 Å². The number of halogens is 1. The number of hydrogen-bond donors (Lipinski definition) is 0. The van der Waals surface area contributed by atoms with Gasteiger partial charge in [-0.15, -0.1) is 11.6 Å². The highest BCUT2D eigenvalue weighted by molar-refractivity contribution is 6.16. The van der Waals surface area contributed by atoms with E-state index in [0.29, 0.717) is 19.1 Å². The van der Waals surface area contributed by atoms with Crippen LogP contribution in [0.15, 0.2) is 18.3 Å². The minimum absolute atomic E-state index is 0.430. The molecule has 0 amide bonds. The summed E-state index contributed by atoms with van der Waals surface area (Å²) in [5.41, 5.74) is 0.853. The van der Waals surface area contributed by atoms with Crippen molar-refractivity contribution in [3.05, 3.63) is 24.0 Å². The fourth-order valence-electron chi connectivity index (χ4n) is 1.04. The average molecular weight is 230 g/mol. The minimum Gasteiger partial charge on any atom is -0.490 e. The van der Waals surface area contributed by atoms with E-state index in [1.807, 2.05) is 12.1 Å². The molecule has 4 heteroatoms. The van der Waals surface area contributed by atoms with E-state index in [1.165, 1.54) is 0 Å². The van der Waals surface area contributed by atoms with Gasteiger partial charge in [-0.1, -0.05) is 6.92 Å². The molecule has 1 rings (SSSR count). The summed E-state index contributed by atoms with van der Waals surface area (Å²) in [6.07, 6.45) is 2.71. The van der Waals surface area contributed by atoms with Crippen molar-refractivity contribution < 1.29 is 9.47 Å². The van der Waals surface area contributed by atoms with Crippen LogP contribution in [0.2, 0.25) is 0 Å². The molecule has 0 N–H and O–H groups in total. The van der Waals surface area contributed by atoms with Crippen molar-refractivity contribution in [3.8, 4) is 5.75 Å². The molecule has 0 saturated heterocycles. The lowest BCUT2D eigenvalue weighted by molar-refractivity contribution is 0.100. The number of alkyl halides is 1. The second-order valence-corrected chi connectivity index (χ2v) is 3.35. The molecule has 3 nitrogen and oxygen atoms in total. The Bertz CT molecular complexity index is 264. The molecule has 0 aliphatic heterocycles. The van der Waals surface area contributed by atoms with Crippen molar-refractivity contribution in [2.45, 2.75) is 19.2 Å². The van der Waals surface area contributed by atoms with Crippen molar-refractivity contribution >= 4 is 11.6 Å². The van der Waals surface area contributed by atoms with Crippen LogP contribution in [0.5, 0.6) is 5.75 Å². The van der Waals surface area contributed by atoms with Gasteiger partial charge in [0.05, 0.1) is 24.4 Å². The number of hydrogen-bond acceptors (Lipinski definition) is 3. The third-order valence-corrected chi connectivity index (χ3v) is 2.05. The third-order valence-electron chi connectivity index (χ3n) is 1.78. The van der Waals surface area contributed by atoms with E-state index >= 15 is 0 Å². The van der Waals surface area contributed by atoms with E-state index in [1.54, 1.807) is 6.20 Å². The van der Waals surface area contributed by atoms with Crippen LogP contribution >= 0.6 is 11.6 Å². The normalized spacial score (nSPS) is 10.3. The fourth-order valence-corrected chi connectivity index (χ4v) is 1.20. The van der Waals surface area contributed by atoms with E-state index in [4.69, 9.17) is 21.1 Å². The van der Waals surface area contributed by atoms with Gasteiger partial charge in [0, 0.05) is 6.61 Å². The molecule has 0 radical (unpaired) electrons. The summed E-state index contributed by atoms with van der Waals surface area (Å²) in [5, 5.41) is 0. The Hall–Kier alpha value is -0.800. The first-order valence-corrected chi connectivity index (χ1v) is 5.61. The smallest absolute Gasteiger partial charge is 0.137 e. The van der Waals surface area contributed by atoms with E-state index < -0.39 is 0 Å². The number of rotatable bonds is 7. The molecule has 0 bridgehead atoms. The lowest BCUT2D eigenvalue weighted by atomic mass is 10.4.